The van der Waals surface area contributed by atoms with Crippen molar-refractivity contribution in [2.45, 2.75) is 6.10 Å². The fraction of sp³-hybridized carbons (Fsp3) is 0.167. The number of aliphatic hydroxyl groups excluding tert-OH is 1. The van der Waals surface area contributed by atoms with Gasteiger partial charge in [-0.1, -0.05) is 6.58 Å². The summed E-state index contributed by atoms with van der Waals surface area (Å²) in [4.78, 5) is 0. The molecule has 1 atom stereocenters. The second-order valence-electron chi connectivity index (χ2n) is 1.55. The van der Waals surface area contributed by atoms with Crippen LogP contribution in [0.1, 0.15) is 0 Å². The molecule has 0 aromatic rings. The molecular formula is C6H9N3O. The highest BCUT2D eigenvalue weighted by atomic mass is 16.3. The maximum absolute atomic E-state index is 8.72. The first-order chi connectivity index (χ1) is 4.72. The molecular weight excluding hydrogens is 130 g/mol. The Hall–Kier alpha value is -1.47. The van der Waals surface area contributed by atoms with Gasteiger partial charge >= 0.3 is 0 Å². The molecule has 54 valence electrons. The van der Waals surface area contributed by atoms with Crippen molar-refractivity contribution in [3.8, 4) is 6.07 Å². The Kier molecular flexibility index (Phi) is 3.76. The highest BCUT2D eigenvalue weighted by Gasteiger charge is 2.02. The summed E-state index contributed by atoms with van der Waals surface area (Å²) >= 11 is 0. The minimum absolute atomic E-state index is 0.0717. The molecule has 0 fully saturated rings. The van der Waals surface area contributed by atoms with Gasteiger partial charge in [0.15, 0.2) is 6.10 Å². The second-order valence-corrected chi connectivity index (χ2v) is 1.55. The SMILES string of the molecule is C=CN/C=C(\N)C(O)C#N. The lowest BCUT2D eigenvalue weighted by molar-refractivity contribution is 0.263. The van der Waals surface area contributed by atoms with Crippen molar-refractivity contribution in [2.75, 3.05) is 0 Å². The largest absolute Gasteiger partial charge is 0.398 e. The standard InChI is InChI=1S/C6H9N3O/c1-2-9-4-5(8)6(10)3-7/h2,4,6,9-10H,1,8H2/b5-4-. The topological polar surface area (TPSA) is 82.1 Å². The van der Waals surface area contributed by atoms with Crippen molar-refractivity contribution >= 4 is 0 Å². The Morgan fingerprint density at radius 1 is 1.90 bits per heavy atom. The predicted octanol–water partition coefficient (Wildman–Crippen LogP) is -0.596. The molecule has 0 aromatic carbocycles. The Morgan fingerprint density at radius 3 is 2.90 bits per heavy atom. The molecule has 1 unspecified atom stereocenters. The molecule has 0 heterocycles. The molecule has 0 spiro atoms. The van der Waals surface area contributed by atoms with E-state index in [0.717, 1.165) is 0 Å². The van der Waals surface area contributed by atoms with Gasteiger partial charge in [-0.3, -0.25) is 0 Å². The number of rotatable bonds is 3. The molecule has 0 bridgehead atoms. The van der Waals surface area contributed by atoms with Crippen LogP contribution in [0.2, 0.25) is 0 Å². The van der Waals surface area contributed by atoms with Gasteiger partial charge in [0.25, 0.3) is 0 Å². The van der Waals surface area contributed by atoms with Crippen molar-refractivity contribution in [1.29, 1.82) is 5.26 Å². The van der Waals surface area contributed by atoms with Gasteiger partial charge in [0, 0.05) is 6.20 Å². The Balaban J connectivity index is 3.94. The summed E-state index contributed by atoms with van der Waals surface area (Å²) in [6, 6.07) is 1.56. The molecule has 0 amide bonds. The van der Waals surface area contributed by atoms with Gasteiger partial charge in [-0.2, -0.15) is 5.26 Å². The minimum Gasteiger partial charge on any atom is -0.398 e. The van der Waals surface area contributed by atoms with E-state index in [9.17, 15) is 0 Å². The molecule has 0 saturated carbocycles. The van der Waals surface area contributed by atoms with Crippen LogP contribution in [0.4, 0.5) is 0 Å². The zero-order valence-electron chi connectivity index (χ0n) is 5.41. The van der Waals surface area contributed by atoms with Gasteiger partial charge < -0.3 is 16.2 Å². The lowest BCUT2D eigenvalue weighted by Gasteiger charge is -1.99. The van der Waals surface area contributed by atoms with Crippen molar-refractivity contribution in [3.63, 3.8) is 0 Å². The zero-order chi connectivity index (χ0) is 7.98. The first-order valence-corrected chi connectivity index (χ1v) is 2.62. The van der Waals surface area contributed by atoms with Gasteiger partial charge in [0.2, 0.25) is 0 Å². The maximum Gasteiger partial charge on any atom is 0.181 e. The third-order valence-corrected chi connectivity index (χ3v) is 0.806. The van der Waals surface area contributed by atoms with Crippen LogP contribution < -0.4 is 11.1 Å². The molecule has 10 heavy (non-hydrogen) atoms. The molecule has 4 heteroatoms. The number of hydrogen-bond acceptors (Lipinski definition) is 4. The maximum atomic E-state index is 8.72. The Morgan fingerprint density at radius 2 is 2.50 bits per heavy atom. The average molecular weight is 139 g/mol. The van der Waals surface area contributed by atoms with Crippen LogP contribution in [0.25, 0.3) is 0 Å². The molecule has 0 aliphatic heterocycles. The Bertz CT molecular complexity index is 180. The number of nitriles is 1. The third kappa shape index (κ3) is 2.74. The van der Waals surface area contributed by atoms with E-state index < -0.39 is 6.10 Å². The molecule has 4 nitrogen and oxygen atoms in total. The van der Waals surface area contributed by atoms with E-state index in [-0.39, 0.29) is 5.70 Å². The van der Waals surface area contributed by atoms with E-state index in [2.05, 4.69) is 11.9 Å². The highest BCUT2D eigenvalue weighted by Crippen LogP contribution is 1.89. The van der Waals surface area contributed by atoms with E-state index in [1.165, 1.54) is 12.4 Å². The van der Waals surface area contributed by atoms with Crippen molar-refractivity contribution in [1.82, 2.24) is 5.32 Å². The van der Waals surface area contributed by atoms with E-state index in [1.54, 1.807) is 6.07 Å². The van der Waals surface area contributed by atoms with Gasteiger partial charge in [-0.15, -0.1) is 0 Å². The van der Waals surface area contributed by atoms with Crippen LogP contribution >= 0.6 is 0 Å². The molecule has 0 aliphatic carbocycles. The third-order valence-electron chi connectivity index (χ3n) is 0.806. The number of hydrogen-bond donors (Lipinski definition) is 3. The van der Waals surface area contributed by atoms with Crippen molar-refractivity contribution < 1.29 is 5.11 Å². The first-order valence-electron chi connectivity index (χ1n) is 2.62. The van der Waals surface area contributed by atoms with Crippen LogP contribution in [0.3, 0.4) is 0 Å². The number of nitrogens with one attached hydrogen (secondary N) is 1. The predicted molar refractivity (Wildman–Crippen MR) is 37.2 cm³/mol. The zero-order valence-corrected chi connectivity index (χ0v) is 5.41. The molecule has 0 saturated heterocycles. The molecule has 0 radical (unpaired) electrons. The lowest BCUT2D eigenvalue weighted by Crippen LogP contribution is -2.17. The normalized spacial score (nSPS) is 13.4. The van der Waals surface area contributed by atoms with Crippen LogP contribution in [0.15, 0.2) is 24.7 Å². The summed E-state index contributed by atoms with van der Waals surface area (Å²) in [6.45, 7) is 3.34. The monoisotopic (exact) mass is 139 g/mol. The van der Waals surface area contributed by atoms with Gasteiger partial charge in [0.1, 0.15) is 6.07 Å². The quantitative estimate of drug-likeness (QED) is 0.456. The number of aliphatic hydroxyl groups is 1. The van der Waals surface area contributed by atoms with Gasteiger partial charge in [-0.25, -0.2) is 0 Å². The smallest absolute Gasteiger partial charge is 0.181 e. The summed E-state index contributed by atoms with van der Waals surface area (Å²) < 4.78 is 0. The first kappa shape index (κ1) is 8.53. The van der Waals surface area contributed by atoms with Crippen molar-refractivity contribution in [3.05, 3.63) is 24.7 Å². The summed E-state index contributed by atoms with van der Waals surface area (Å²) in [6.07, 6.45) is 1.45. The highest BCUT2D eigenvalue weighted by molar-refractivity contribution is 5.11. The summed E-state index contributed by atoms with van der Waals surface area (Å²) in [5, 5.41) is 19.4. The summed E-state index contributed by atoms with van der Waals surface area (Å²) in [7, 11) is 0. The Labute approximate surface area is 59.3 Å². The minimum atomic E-state index is -1.24. The fourth-order valence-corrected chi connectivity index (χ4v) is 0.309. The summed E-state index contributed by atoms with van der Waals surface area (Å²) in [5.74, 6) is 0. The molecule has 4 N–H and O–H groups in total. The van der Waals surface area contributed by atoms with Crippen LogP contribution in [0.5, 0.6) is 0 Å². The second kappa shape index (κ2) is 4.41. The fourth-order valence-electron chi connectivity index (χ4n) is 0.309. The summed E-state index contributed by atoms with van der Waals surface area (Å²) in [5.41, 5.74) is 5.26. The molecule has 0 aliphatic rings. The van der Waals surface area contributed by atoms with Crippen LogP contribution in [-0.4, -0.2) is 11.2 Å². The number of nitrogens with two attached hydrogens (primary N) is 1. The van der Waals surface area contributed by atoms with Crippen molar-refractivity contribution in [2.24, 2.45) is 5.73 Å². The van der Waals surface area contributed by atoms with E-state index in [1.807, 2.05) is 0 Å². The van der Waals surface area contributed by atoms with Gasteiger partial charge in [0.05, 0.1) is 5.70 Å². The van der Waals surface area contributed by atoms with Crippen LogP contribution in [-0.2, 0) is 0 Å². The molecule has 0 rings (SSSR count). The van der Waals surface area contributed by atoms with E-state index >= 15 is 0 Å². The average Bonchev–Trinajstić information content (AvgIpc) is 1.98. The number of nitrogens with zero attached hydrogens (tertiary/aromatic N) is 1. The van der Waals surface area contributed by atoms with E-state index in [4.69, 9.17) is 16.1 Å². The lowest BCUT2D eigenvalue weighted by atomic mass is 10.3. The van der Waals surface area contributed by atoms with Gasteiger partial charge in [-0.05, 0) is 6.20 Å². The van der Waals surface area contributed by atoms with E-state index in [0.29, 0.717) is 0 Å². The van der Waals surface area contributed by atoms with Crippen LogP contribution in [0, 0.1) is 11.3 Å². The molecule has 0 aromatic heterocycles.